The SMILES string of the molecule is FC(F)(F)c1cccc(-c2ccc(/C=N\Nc3nc4ccccc4s3)o2)c1. The van der Waals surface area contributed by atoms with E-state index in [-0.39, 0.29) is 0 Å². The van der Waals surface area contributed by atoms with Gasteiger partial charge in [0.2, 0.25) is 5.13 Å². The molecule has 1 N–H and O–H groups in total. The topological polar surface area (TPSA) is 50.4 Å². The predicted molar refractivity (Wildman–Crippen MR) is 100.0 cm³/mol. The normalized spacial score (nSPS) is 12.1. The van der Waals surface area contributed by atoms with Crippen molar-refractivity contribution in [1.82, 2.24) is 4.98 Å². The Morgan fingerprint density at radius 2 is 1.89 bits per heavy atom. The molecule has 0 bridgehead atoms. The van der Waals surface area contributed by atoms with E-state index >= 15 is 0 Å². The molecule has 0 saturated heterocycles. The second kappa shape index (κ2) is 6.88. The van der Waals surface area contributed by atoms with Crippen molar-refractivity contribution in [2.45, 2.75) is 6.18 Å². The van der Waals surface area contributed by atoms with E-state index < -0.39 is 11.7 Å². The Kier molecular flexibility index (Phi) is 4.41. The van der Waals surface area contributed by atoms with E-state index in [1.165, 1.54) is 23.6 Å². The lowest BCUT2D eigenvalue weighted by Crippen LogP contribution is -2.04. The summed E-state index contributed by atoms with van der Waals surface area (Å²) in [6.07, 6.45) is -2.95. The molecule has 0 unspecified atom stereocenters. The van der Waals surface area contributed by atoms with E-state index in [1.807, 2.05) is 24.3 Å². The number of para-hydroxylation sites is 1. The number of anilines is 1. The fraction of sp³-hybridized carbons (Fsp3) is 0.0526. The zero-order valence-electron chi connectivity index (χ0n) is 13.7. The van der Waals surface area contributed by atoms with E-state index in [2.05, 4.69) is 15.5 Å². The molecule has 136 valence electrons. The molecule has 0 spiro atoms. The largest absolute Gasteiger partial charge is 0.455 e. The minimum Gasteiger partial charge on any atom is -0.455 e. The molecule has 0 aliphatic carbocycles. The Morgan fingerprint density at radius 1 is 1.04 bits per heavy atom. The van der Waals surface area contributed by atoms with Crippen molar-refractivity contribution >= 4 is 32.9 Å². The average Bonchev–Trinajstić information content (AvgIpc) is 3.27. The summed E-state index contributed by atoms with van der Waals surface area (Å²) in [4.78, 5) is 4.39. The van der Waals surface area contributed by atoms with Crippen LogP contribution < -0.4 is 5.43 Å². The van der Waals surface area contributed by atoms with Crippen molar-refractivity contribution in [3.8, 4) is 11.3 Å². The van der Waals surface area contributed by atoms with Crippen LogP contribution in [0.4, 0.5) is 18.3 Å². The van der Waals surface area contributed by atoms with E-state index in [9.17, 15) is 13.2 Å². The van der Waals surface area contributed by atoms with E-state index in [0.717, 1.165) is 22.3 Å². The second-order valence-corrected chi connectivity index (χ2v) is 6.67. The molecular weight excluding hydrogens is 375 g/mol. The van der Waals surface area contributed by atoms with Crippen LogP contribution in [0.5, 0.6) is 0 Å². The van der Waals surface area contributed by atoms with Crippen LogP contribution in [0.1, 0.15) is 11.3 Å². The Labute approximate surface area is 156 Å². The third-order valence-corrected chi connectivity index (χ3v) is 4.69. The highest BCUT2D eigenvalue weighted by Crippen LogP contribution is 2.32. The molecule has 27 heavy (non-hydrogen) atoms. The van der Waals surface area contributed by atoms with Crippen LogP contribution in [0.2, 0.25) is 0 Å². The highest BCUT2D eigenvalue weighted by Gasteiger charge is 2.30. The van der Waals surface area contributed by atoms with E-state index in [1.54, 1.807) is 18.2 Å². The van der Waals surface area contributed by atoms with Crippen molar-refractivity contribution in [2.24, 2.45) is 5.10 Å². The number of hydrazone groups is 1. The Hall–Kier alpha value is -3.13. The van der Waals surface area contributed by atoms with E-state index in [0.29, 0.717) is 22.2 Å². The van der Waals surface area contributed by atoms with Gasteiger partial charge in [0.05, 0.1) is 22.0 Å². The fourth-order valence-corrected chi connectivity index (χ4v) is 3.31. The molecule has 0 radical (unpaired) electrons. The van der Waals surface area contributed by atoms with Gasteiger partial charge in [-0.05, 0) is 36.4 Å². The molecule has 0 aliphatic heterocycles. The van der Waals surface area contributed by atoms with Gasteiger partial charge in [-0.3, -0.25) is 5.43 Å². The van der Waals surface area contributed by atoms with Crippen LogP contribution in [0.3, 0.4) is 0 Å². The van der Waals surface area contributed by atoms with Crippen LogP contribution in [0, 0.1) is 0 Å². The summed E-state index contributed by atoms with van der Waals surface area (Å²) in [6.45, 7) is 0. The summed E-state index contributed by atoms with van der Waals surface area (Å²) in [5.41, 5.74) is 3.34. The first-order chi connectivity index (χ1) is 13.0. The maximum absolute atomic E-state index is 12.8. The van der Waals surface area contributed by atoms with Crippen molar-refractivity contribution < 1.29 is 17.6 Å². The third-order valence-electron chi connectivity index (χ3n) is 3.75. The summed E-state index contributed by atoms with van der Waals surface area (Å²) >= 11 is 1.47. The molecule has 0 saturated carbocycles. The lowest BCUT2D eigenvalue weighted by Gasteiger charge is -2.07. The number of fused-ring (bicyclic) bond motifs is 1. The summed E-state index contributed by atoms with van der Waals surface area (Å²) in [6, 6.07) is 16.0. The first-order valence-corrected chi connectivity index (χ1v) is 8.73. The van der Waals surface area contributed by atoms with Gasteiger partial charge in [-0.2, -0.15) is 18.3 Å². The van der Waals surface area contributed by atoms with Gasteiger partial charge in [0.25, 0.3) is 0 Å². The molecule has 8 heteroatoms. The molecular formula is C19H12F3N3OS. The maximum Gasteiger partial charge on any atom is 0.416 e. The number of nitrogens with zero attached hydrogens (tertiary/aromatic N) is 2. The summed E-state index contributed by atoms with van der Waals surface area (Å²) in [5, 5.41) is 4.71. The van der Waals surface area contributed by atoms with Crippen LogP contribution in [-0.2, 0) is 6.18 Å². The Balaban J connectivity index is 1.48. The Morgan fingerprint density at radius 3 is 2.70 bits per heavy atom. The molecule has 0 fully saturated rings. The number of rotatable bonds is 4. The van der Waals surface area contributed by atoms with Crippen molar-refractivity contribution in [3.63, 3.8) is 0 Å². The number of benzene rings is 2. The number of thiazole rings is 1. The van der Waals surface area contributed by atoms with Crippen molar-refractivity contribution in [1.29, 1.82) is 0 Å². The van der Waals surface area contributed by atoms with E-state index in [4.69, 9.17) is 4.42 Å². The van der Waals surface area contributed by atoms with Gasteiger partial charge in [-0.15, -0.1) is 0 Å². The molecule has 0 aliphatic rings. The second-order valence-electron chi connectivity index (χ2n) is 5.64. The molecule has 2 aromatic carbocycles. The third kappa shape index (κ3) is 3.85. The predicted octanol–water partition coefficient (Wildman–Crippen LogP) is 6.02. The monoisotopic (exact) mass is 387 g/mol. The van der Waals surface area contributed by atoms with Crippen LogP contribution in [-0.4, -0.2) is 11.2 Å². The number of halogens is 3. The van der Waals surface area contributed by atoms with Gasteiger partial charge in [0, 0.05) is 5.56 Å². The molecule has 4 rings (SSSR count). The maximum atomic E-state index is 12.8. The number of furan rings is 1. The molecule has 4 aromatic rings. The van der Waals surface area contributed by atoms with Gasteiger partial charge >= 0.3 is 6.18 Å². The van der Waals surface area contributed by atoms with Gasteiger partial charge in [-0.25, -0.2) is 4.98 Å². The first-order valence-electron chi connectivity index (χ1n) is 7.91. The summed E-state index contributed by atoms with van der Waals surface area (Å²) < 4.78 is 45.1. The van der Waals surface area contributed by atoms with Gasteiger partial charge in [0.1, 0.15) is 11.5 Å². The lowest BCUT2D eigenvalue weighted by atomic mass is 10.1. The standard InChI is InChI=1S/C19H12F3N3OS/c20-19(21,22)13-5-3-4-12(10-13)16-9-8-14(26-16)11-23-25-18-24-15-6-1-2-7-17(15)27-18/h1-11H,(H,24,25)/b23-11-. The molecule has 2 aromatic heterocycles. The van der Waals surface area contributed by atoms with Crippen LogP contribution >= 0.6 is 11.3 Å². The van der Waals surface area contributed by atoms with Gasteiger partial charge in [0.15, 0.2) is 0 Å². The smallest absolute Gasteiger partial charge is 0.416 e. The average molecular weight is 387 g/mol. The highest BCUT2D eigenvalue weighted by atomic mass is 32.1. The molecule has 4 nitrogen and oxygen atoms in total. The molecule has 2 heterocycles. The van der Waals surface area contributed by atoms with Crippen LogP contribution in [0.15, 0.2) is 70.2 Å². The first kappa shape index (κ1) is 17.3. The van der Waals surface area contributed by atoms with Gasteiger partial charge < -0.3 is 4.42 Å². The quantitative estimate of drug-likeness (QED) is 0.344. The fourth-order valence-electron chi connectivity index (χ4n) is 2.50. The Bertz CT molecular complexity index is 1080. The number of hydrogen-bond acceptors (Lipinski definition) is 5. The molecule has 0 amide bonds. The minimum absolute atomic E-state index is 0.336. The number of hydrogen-bond donors (Lipinski definition) is 1. The lowest BCUT2D eigenvalue weighted by molar-refractivity contribution is -0.137. The van der Waals surface area contributed by atoms with Crippen LogP contribution in [0.25, 0.3) is 21.5 Å². The number of alkyl halides is 3. The van der Waals surface area contributed by atoms with Crippen molar-refractivity contribution in [3.05, 3.63) is 72.0 Å². The number of aromatic nitrogens is 1. The number of nitrogens with one attached hydrogen (secondary N) is 1. The zero-order chi connectivity index (χ0) is 18.9. The minimum atomic E-state index is -4.39. The summed E-state index contributed by atoms with van der Waals surface area (Å²) in [7, 11) is 0. The van der Waals surface area contributed by atoms with Gasteiger partial charge in [-0.1, -0.05) is 35.6 Å². The summed E-state index contributed by atoms with van der Waals surface area (Å²) in [5.74, 6) is 0.749. The highest BCUT2D eigenvalue weighted by molar-refractivity contribution is 7.22. The molecule has 0 atom stereocenters. The van der Waals surface area contributed by atoms with Crippen molar-refractivity contribution in [2.75, 3.05) is 5.43 Å². The zero-order valence-corrected chi connectivity index (χ0v) is 14.5.